The smallest absolute Gasteiger partial charge is 0.127 e. The highest BCUT2D eigenvalue weighted by atomic mass is 19.1. The number of unbranched alkanes of at least 4 members (excludes halogenated alkanes) is 1. The summed E-state index contributed by atoms with van der Waals surface area (Å²) in [6.45, 7) is 2.48. The molecule has 0 saturated heterocycles. The van der Waals surface area contributed by atoms with Gasteiger partial charge < -0.3 is 4.74 Å². The average molecular weight is 358 g/mol. The third-order valence-corrected chi connectivity index (χ3v) is 5.47. The van der Waals surface area contributed by atoms with Crippen molar-refractivity contribution in [3.63, 3.8) is 0 Å². The quantitative estimate of drug-likeness (QED) is 0.517. The molecule has 0 atom stereocenters. The molecular formula is C23H28F2O. The summed E-state index contributed by atoms with van der Waals surface area (Å²) < 4.78 is 33.1. The van der Waals surface area contributed by atoms with Gasteiger partial charge in [-0.15, -0.1) is 0 Å². The Hall–Kier alpha value is -1.90. The molecule has 1 fully saturated rings. The Kier molecular flexibility index (Phi) is 6.65. The molecule has 1 aliphatic carbocycles. The van der Waals surface area contributed by atoms with E-state index in [-0.39, 0.29) is 18.2 Å². The van der Waals surface area contributed by atoms with Crippen molar-refractivity contribution in [2.45, 2.75) is 64.4 Å². The topological polar surface area (TPSA) is 9.23 Å². The van der Waals surface area contributed by atoms with Crippen LogP contribution in [0.3, 0.4) is 0 Å². The average Bonchev–Trinajstić information content (AvgIpc) is 2.65. The monoisotopic (exact) mass is 358 g/mol. The van der Waals surface area contributed by atoms with E-state index < -0.39 is 0 Å². The maximum absolute atomic E-state index is 14.1. The van der Waals surface area contributed by atoms with Gasteiger partial charge in [-0.25, -0.2) is 8.78 Å². The first-order chi connectivity index (χ1) is 12.6. The normalized spacial score (nSPS) is 20.1. The number of benzene rings is 2. The third kappa shape index (κ3) is 5.30. The lowest BCUT2D eigenvalue weighted by Gasteiger charge is -2.29. The molecule has 140 valence electrons. The highest BCUT2D eigenvalue weighted by Crippen LogP contribution is 2.38. The van der Waals surface area contributed by atoms with Crippen LogP contribution in [0, 0.1) is 17.6 Å². The molecule has 0 heterocycles. The maximum atomic E-state index is 14.1. The molecule has 0 aliphatic heterocycles. The van der Waals surface area contributed by atoms with Crippen molar-refractivity contribution in [2.24, 2.45) is 5.92 Å². The van der Waals surface area contributed by atoms with Crippen LogP contribution in [0.25, 0.3) is 0 Å². The van der Waals surface area contributed by atoms with E-state index in [4.69, 9.17) is 4.74 Å². The van der Waals surface area contributed by atoms with Crippen LogP contribution in [0.15, 0.2) is 42.5 Å². The summed E-state index contributed by atoms with van der Waals surface area (Å²) >= 11 is 0. The van der Waals surface area contributed by atoms with Gasteiger partial charge in [-0.1, -0.05) is 38.3 Å². The molecule has 0 N–H and O–H groups in total. The highest BCUT2D eigenvalue weighted by molar-refractivity contribution is 5.32. The molecule has 3 rings (SSSR count). The fraction of sp³-hybridized carbons (Fsp3) is 0.478. The first-order valence-electron chi connectivity index (χ1n) is 9.81. The van der Waals surface area contributed by atoms with Gasteiger partial charge in [0.2, 0.25) is 0 Å². The minimum absolute atomic E-state index is 0.240. The predicted octanol–water partition coefficient (Wildman–Crippen LogP) is 7.01. The second kappa shape index (κ2) is 9.16. The molecule has 3 heteroatoms. The SMILES string of the molecule is CCCCC1CCC(c2cc(F)cc(OCc3cccc(F)c3)c2)CC1. The molecule has 1 nitrogen and oxygen atoms in total. The Balaban J connectivity index is 1.61. The van der Waals surface area contributed by atoms with Gasteiger partial charge in [-0.05, 0) is 72.9 Å². The van der Waals surface area contributed by atoms with E-state index in [1.807, 2.05) is 6.07 Å². The van der Waals surface area contributed by atoms with Crippen molar-refractivity contribution in [1.29, 1.82) is 0 Å². The minimum Gasteiger partial charge on any atom is -0.489 e. The Labute approximate surface area is 155 Å². The van der Waals surface area contributed by atoms with Gasteiger partial charge in [0.05, 0.1) is 0 Å². The van der Waals surface area contributed by atoms with E-state index >= 15 is 0 Å². The molecule has 0 aromatic heterocycles. The molecule has 0 unspecified atom stereocenters. The van der Waals surface area contributed by atoms with E-state index in [1.54, 1.807) is 18.2 Å². The standard InChI is InChI=1S/C23H28F2O/c1-2-3-5-17-8-10-19(11-9-17)20-13-22(25)15-23(14-20)26-16-18-6-4-7-21(24)12-18/h4,6-7,12-15,17,19H,2-3,5,8-11,16H2,1H3. The summed E-state index contributed by atoms with van der Waals surface area (Å²) in [5.74, 6) is 1.23. The summed E-state index contributed by atoms with van der Waals surface area (Å²) in [6, 6.07) is 11.3. The lowest BCUT2D eigenvalue weighted by Crippen LogP contribution is -2.13. The zero-order valence-electron chi connectivity index (χ0n) is 15.5. The number of hydrogen-bond acceptors (Lipinski definition) is 1. The van der Waals surface area contributed by atoms with Crippen molar-refractivity contribution in [2.75, 3.05) is 0 Å². The number of hydrogen-bond donors (Lipinski definition) is 0. The molecule has 2 aromatic rings. The van der Waals surface area contributed by atoms with Crippen molar-refractivity contribution >= 4 is 0 Å². The lowest BCUT2D eigenvalue weighted by atomic mass is 9.77. The van der Waals surface area contributed by atoms with Crippen molar-refractivity contribution in [3.05, 3.63) is 65.2 Å². The molecule has 26 heavy (non-hydrogen) atoms. The summed E-state index contributed by atoms with van der Waals surface area (Å²) in [7, 11) is 0. The molecular weight excluding hydrogens is 330 g/mol. The van der Waals surface area contributed by atoms with Crippen molar-refractivity contribution in [1.82, 2.24) is 0 Å². The van der Waals surface area contributed by atoms with E-state index in [9.17, 15) is 8.78 Å². The fourth-order valence-electron chi connectivity index (χ4n) is 3.97. The van der Waals surface area contributed by atoms with Crippen LogP contribution in [0.5, 0.6) is 5.75 Å². The van der Waals surface area contributed by atoms with E-state index in [1.165, 1.54) is 50.3 Å². The van der Waals surface area contributed by atoms with Gasteiger partial charge in [0.25, 0.3) is 0 Å². The first-order valence-corrected chi connectivity index (χ1v) is 9.81. The lowest BCUT2D eigenvalue weighted by molar-refractivity contribution is 0.295. The Morgan fingerprint density at radius 3 is 2.50 bits per heavy atom. The van der Waals surface area contributed by atoms with Gasteiger partial charge in [0.15, 0.2) is 0 Å². The predicted molar refractivity (Wildman–Crippen MR) is 101 cm³/mol. The van der Waals surface area contributed by atoms with Crippen LogP contribution in [0.1, 0.15) is 68.9 Å². The van der Waals surface area contributed by atoms with Gasteiger partial charge in [0, 0.05) is 6.07 Å². The van der Waals surface area contributed by atoms with Crippen molar-refractivity contribution in [3.8, 4) is 5.75 Å². The van der Waals surface area contributed by atoms with Crippen LogP contribution in [0.4, 0.5) is 8.78 Å². The van der Waals surface area contributed by atoms with E-state index in [0.717, 1.165) is 29.9 Å². The van der Waals surface area contributed by atoms with Crippen LogP contribution >= 0.6 is 0 Å². The summed E-state index contributed by atoms with van der Waals surface area (Å²) in [4.78, 5) is 0. The van der Waals surface area contributed by atoms with Crippen LogP contribution in [-0.4, -0.2) is 0 Å². The summed E-state index contributed by atoms with van der Waals surface area (Å²) in [5.41, 5.74) is 1.78. The molecule has 0 amide bonds. The van der Waals surface area contributed by atoms with Crippen molar-refractivity contribution < 1.29 is 13.5 Å². The molecule has 1 aliphatic rings. The first kappa shape index (κ1) is 18.9. The second-order valence-electron chi connectivity index (χ2n) is 7.50. The van der Waals surface area contributed by atoms with Gasteiger partial charge in [-0.2, -0.15) is 0 Å². The number of rotatable bonds is 7. The maximum Gasteiger partial charge on any atom is 0.127 e. The largest absolute Gasteiger partial charge is 0.489 e. The van der Waals surface area contributed by atoms with Gasteiger partial charge in [0.1, 0.15) is 24.0 Å². The zero-order valence-corrected chi connectivity index (χ0v) is 15.5. The van der Waals surface area contributed by atoms with E-state index in [0.29, 0.717) is 11.7 Å². The minimum atomic E-state index is -0.286. The molecule has 0 bridgehead atoms. The molecule has 1 saturated carbocycles. The second-order valence-corrected chi connectivity index (χ2v) is 7.50. The Morgan fingerprint density at radius 2 is 1.77 bits per heavy atom. The summed E-state index contributed by atoms with van der Waals surface area (Å²) in [5, 5.41) is 0. The van der Waals surface area contributed by atoms with Crippen LogP contribution < -0.4 is 4.74 Å². The van der Waals surface area contributed by atoms with E-state index in [2.05, 4.69) is 6.92 Å². The molecule has 2 aromatic carbocycles. The van der Waals surface area contributed by atoms with Gasteiger partial charge >= 0.3 is 0 Å². The number of halogens is 2. The summed E-state index contributed by atoms with van der Waals surface area (Å²) in [6.07, 6.45) is 8.63. The third-order valence-electron chi connectivity index (χ3n) is 5.47. The van der Waals surface area contributed by atoms with Crippen LogP contribution in [0.2, 0.25) is 0 Å². The molecule has 0 spiro atoms. The zero-order chi connectivity index (χ0) is 18.4. The number of ether oxygens (including phenoxy) is 1. The van der Waals surface area contributed by atoms with Crippen LogP contribution in [-0.2, 0) is 6.61 Å². The molecule has 0 radical (unpaired) electrons. The Morgan fingerprint density at radius 1 is 0.962 bits per heavy atom. The fourth-order valence-corrected chi connectivity index (χ4v) is 3.97. The highest BCUT2D eigenvalue weighted by Gasteiger charge is 2.22. The van der Waals surface area contributed by atoms with Gasteiger partial charge in [-0.3, -0.25) is 0 Å². The Bertz CT molecular complexity index is 705.